The number of nitrogens with zero attached hydrogens (tertiary/aromatic N) is 1. The van der Waals surface area contributed by atoms with Crippen molar-refractivity contribution in [3.05, 3.63) is 94.6 Å². The van der Waals surface area contributed by atoms with Gasteiger partial charge in [-0.25, -0.2) is 26.3 Å². The molecule has 4 rings (SSSR count). The predicted octanol–water partition coefficient (Wildman–Crippen LogP) is 5.29. The van der Waals surface area contributed by atoms with Crippen molar-refractivity contribution in [2.45, 2.75) is 6.17 Å². The zero-order valence-corrected chi connectivity index (χ0v) is 14.3. The summed E-state index contributed by atoms with van der Waals surface area (Å²) in [5.41, 5.74) is -0.984. The topological polar surface area (TPSA) is 32.3 Å². The lowest BCUT2D eigenvalue weighted by Crippen LogP contribution is -2.44. The van der Waals surface area contributed by atoms with Crippen LogP contribution in [0.2, 0.25) is 0 Å². The number of carbonyl (C=O) groups excluding carboxylic acids is 1. The standard InChI is InChI=1S/C20H10F6N2O/c21-9-5-7-10(8-6-9)28-19(27-12-4-2-1-3-11(12)20(28)29)13-14(22)16(24)18(26)17(25)15(13)23/h1-8,19,27H. The van der Waals surface area contributed by atoms with E-state index in [1.54, 1.807) is 6.07 Å². The molecule has 29 heavy (non-hydrogen) atoms. The molecule has 3 aromatic carbocycles. The van der Waals surface area contributed by atoms with Crippen LogP contribution in [0.3, 0.4) is 0 Å². The Balaban J connectivity index is 1.98. The molecule has 148 valence electrons. The van der Waals surface area contributed by atoms with E-state index in [0.717, 1.165) is 29.2 Å². The van der Waals surface area contributed by atoms with E-state index in [-0.39, 0.29) is 16.9 Å². The highest BCUT2D eigenvalue weighted by Gasteiger charge is 2.40. The van der Waals surface area contributed by atoms with E-state index in [2.05, 4.69) is 5.32 Å². The predicted molar refractivity (Wildman–Crippen MR) is 92.2 cm³/mol. The summed E-state index contributed by atoms with van der Waals surface area (Å²) < 4.78 is 83.3. The molecule has 0 radical (unpaired) electrons. The molecule has 3 aromatic rings. The van der Waals surface area contributed by atoms with Gasteiger partial charge < -0.3 is 5.32 Å². The lowest BCUT2D eigenvalue weighted by Gasteiger charge is -2.38. The van der Waals surface area contributed by atoms with Gasteiger partial charge in [-0.3, -0.25) is 9.69 Å². The summed E-state index contributed by atoms with van der Waals surface area (Å²) in [5, 5.41) is 2.64. The van der Waals surface area contributed by atoms with Crippen LogP contribution in [-0.2, 0) is 0 Å². The Hall–Kier alpha value is -3.49. The largest absolute Gasteiger partial charge is 0.360 e. The van der Waals surface area contributed by atoms with E-state index < -0.39 is 52.5 Å². The van der Waals surface area contributed by atoms with Gasteiger partial charge in [0.25, 0.3) is 5.91 Å². The van der Waals surface area contributed by atoms with Gasteiger partial charge in [-0.1, -0.05) is 12.1 Å². The number of halogens is 6. The van der Waals surface area contributed by atoms with Crippen LogP contribution in [0.15, 0.2) is 48.5 Å². The molecule has 0 spiro atoms. The number of rotatable bonds is 2. The van der Waals surface area contributed by atoms with Crippen molar-refractivity contribution in [2.75, 3.05) is 10.2 Å². The summed E-state index contributed by atoms with van der Waals surface area (Å²) >= 11 is 0. The van der Waals surface area contributed by atoms with E-state index in [9.17, 15) is 31.1 Å². The fourth-order valence-corrected chi connectivity index (χ4v) is 3.19. The highest BCUT2D eigenvalue weighted by atomic mass is 19.2. The van der Waals surface area contributed by atoms with Crippen LogP contribution < -0.4 is 10.2 Å². The van der Waals surface area contributed by atoms with Crippen molar-refractivity contribution in [1.82, 2.24) is 0 Å². The second-order valence-corrected chi connectivity index (χ2v) is 6.23. The minimum atomic E-state index is -2.31. The quantitative estimate of drug-likeness (QED) is 0.355. The molecule has 0 fully saturated rings. The van der Waals surface area contributed by atoms with Crippen LogP contribution in [0.1, 0.15) is 22.1 Å². The molecular formula is C20H10F6N2O. The molecule has 0 saturated heterocycles. The maximum absolute atomic E-state index is 14.5. The molecule has 1 heterocycles. The first-order chi connectivity index (χ1) is 13.8. The van der Waals surface area contributed by atoms with Gasteiger partial charge in [-0.05, 0) is 36.4 Å². The van der Waals surface area contributed by atoms with Gasteiger partial charge in [0.15, 0.2) is 23.3 Å². The first-order valence-corrected chi connectivity index (χ1v) is 8.27. The fraction of sp³-hybridized carbons (Fsp3) is 0.0500. The summed E-state index contributed by atoms with van der Waals surface area (Å²) in [6, 6.07) is 10.2. The van der Waals surface area contributed by atoms with Crippen molar-refractivity contribution in [3.63, 3.8) is 0 Å². The molecule has 1 N–H and O–H groups in total. The Morgan fingerprint density at radius 2 is 1.28 bits per heavy atom. The minimum Gasteiger partial charge on any atom is -0.360 e. The molecule has 1 aliphatic heterocycles. The number of hydrogen-bond donors (Lipinski definition) is 1. The maximum atomic E-state index is 14.5. The minimum absolute atomic E-state index is 0.00709. The first kappa shape index (κ1) is 18.9. The number of para-hydroxylation sites is 1. The normalized spacial score (nSPS) is 15.9. The van der Waals surface area contributed by atoms with Gasteiger partial charge in [0.2, 0.25) is 5.82 Å². The summed E-state index contributed by atoms with van der Waals surface area (Å²) in [6.45, 7) is 0. The van der Waals surface area contributed by atoms with Crippen molar-refractivity contribution >= 4 is 17.3 Å². The number of benzene rings is 3. The molecule has 1 amide bonds. The van der Waals surface area contributed by atoms with Crippen molar-refractivity contribution in [3.8, 4) is 0 Å². The molecule has 3 nitrogen and oxygen atoms in total. The van der Waals surface area contributed by atoms with E-state index in [1.165, 1.54) is 18.2 Å². The monoisotopic (exact) mass is 408 g/mol. The smallest absolute Gasteiger partial charge is 0.262 e. The number of nitrogens with one attached hydrogen (secondary N) is 1. The fourth-order valence-electron chi connectivity index (χ4n) is 3.19. The van der Waals surface area contributed by atoms with Crippen LogP contribution in [0, 0.1) is 34.9 Å². The third kappa shape index (κ3) is 2.89. The van der Waals surface area contributed by atoms with Gasteiger partial charge in [0.05, 0.1) is 11.1 Å². The lowest BCUT2D eigenvalue weighted by molar-refractivity contribution is 0.0973. The number of amides is 1. The lowest BCUT2D eigenvalue weighted by atomic mass is 10.0. The molecule has 1 atom stereocenters. The van der Waals surface area contributed by atoms with Crippen molar-refractivity contribution in [2.24, 2.45) is 0 Å². The summed E-state index contributed by atoms with van der Waals surface area (Å²) in [4.78, 5) is 13.8. The highest BCUT2D eigenvalue weighted by Crippen LogP contribution is 2.39. The molecule has 0 saturated carbocycles. The van der Waals surface area contributed by atoms with E-state index in [4.69, 9.17) is 0 Å². The maximum Gasteiger partial charge on any atom is 0.262 e. The van der Waals surface area contributed by atoms with Crippen LogP contribution in [0.5, 0.6) is 0 Å². The molecule has 0 aromatic heterocycles. The van der Waals surface area contributed by atoms with Crippen molar-refractivity contribution in [1.29, 1.82) is 0 Å². The Bertz CT molecular complexity index is 1100. The van der Waals surface area contributed by atoms with Crippen LogP contribution in [-0.4, -0.2) is 5.91 Å². The van der Waals surface area contributed by atoms with Crippen LogP contribution in [0.4, 0.5) is 37.7 Å². The average Bonchev–Trinajstić information content (AvgIpc) is 2.72. The third-order valence-corrected chi connectivity index (χ3v) is 4.55. The first-order valence-electron chi connectivity index (χ1n) is 8.27. The van der Waals surface area contributed by atoms with E-state index in [0.29, 0.717) is 0 Å². The van der Waals surface area contributed by atoms with E-state index >= 15 is 0 Å². The summed E-state index contributed by atoms with van der Waals surface area (Å²) in [5.74, 6) is -12.1. The Kier molecular flexibility index (Phi) is 4.45. The van der Waals surface area contributed by atoms with Gasteiger partial charge >= 0.3 is 0 Å². The van der Waals surface area contributed by atoms with E-state index in [1.807, 2.05) is 0 Å². The van der Waals surface area contributed by atoms with Gasteiger partial charge in [0, 0.05) is 11.4 Å². The zero-order chi connectivity index (χ0) is 20.9. The van der Waals surface area contributed by atoms with Gasteiger partial charge in [-0.2, -0.15) is 0 Å². The Labute approximate surface area is 160 Å². The zero-order valence-electron chi connectivity index (χ0n) is 14.3. The average molecular weight is 408 g/mol. The number of hydrogen-bond acceptors (Lipinski definition) is 2. The van der Waals surface area contributed by atoms with Crippen molar-refractivity contribution < 1.29 is 31.1 Å². The molecule has 0 aliphatic carbocycles. The summed E-state index contributed by atoms with van der Waals surface area (Å²) in [7, 11) is 0. The summed E-state index contributed by atoms with van der Waals surface area (Å²) in [6.07, 6.45) is -1.77. The van der Waals surface area contributed by atoms with Gasteiger partial charge in [-0.15, -0.1) is 0 Å². The van der Waals surface area contributed by atoms with Crippen LogP contribution in [0.25, 0.3) is 0 Å². The molecule has 1 aliphatic rings. The second-order valence-electron chi connectivity index (χ2n) is 6.23. The molecule has 1 unspecified atom stereocenters. The second kappa shape index (κ2) is 6.84. The van der Waals surface area contributed by atoms with Gasteiger partial charge in [0.1, 0.15) is 12.0 Å². The SMILES string of the molecule is O=C1c2ccccc2NC(c2c(F)c(F)c(F)c(F)c2F)N1c1ccc(F)cc1. The molecule has 9 heteroatoms. The molecular weight excluding hydrogens is 398 g/mol. The van der Waals surface area contributed by atoms with Crippen LogP contribution >= 0.6 is 0 Å². The Morgan fingerprint density at radius 3 is 1.90 bits per heavy atom. The number of carbonyl (C=O) groups is 1. The number of anilines is 2. The molecule has 0 bridgehead atoms. The Morgan fingerprint density at radius 1 is 0.724 bits per heavy atom. The highest BCUT2D eigenvalue weighted by molar-refractivity contribution is 6.12. The number of fused-ring (bicyclic) bond motifs is 1. The third-order valence-electron chi connectivity index (χ3n) is 4.55.